The Hall–Kier alpha value is -2.80. The van der Waals surface area contributed by atoms with Crippen LogP contribution in [-0.2, 0) is 9.53 Å². The molecule has 1 heterocycles. The summed E-state index contributed by atoms with van der Waals surface area (Å²) in [6.45, 7) is 0. The fourth-order valence-corrected chi connectivity index (χ4v) is 2.68. The molecule has 0 spiro atoms. The number of para-hydroxylation sites is 2. The summed E-state index contributed by atoms with van der Waals surface area (Å²) in [5.41, 5.74) is 2.49. The van der Waals surface area contributed by atoms with E-state index in [0.717, 1.165) is 5.52 Å². The number of carbonyl (C=O) groups is 2. The van der Waals surface area contributed by atoms with Crippen LogP contribution in [0.25, 0.3) is 11.1 Å². The molecule has 0 saturated heterocycles. The van der Waals surface area contributed by atoms with Gasteiger partial charge in [0, 0.05) is 5.69 Å². The van der Waals surface area contributed by atoms with Gasteiger partial charge in [0.05, 0.1) is 18.4 Å². The highest BCUT2D eigenvalue weighted by molar-refractivity contribution is 7.99. The maximum atomic E-state index is 12.0. The summed E-state index contributed by atoms with van der Waals surface area (Å²) in [6, 6.07) is 13.9. The molecule has 0 aliphatic heterocycles. The molecule has 0 atom stereocenters. The number of benzene rings is 2. The molecule has 0 saturated carbocycles. The highest BCUT2D eigenvalue weighted by Gasteiger charge is 2.10. The number of hydrogen-bond donors (Lipinski definition) is 1. The summed E-state index contributed by atoms with van der Waals surface area (Å²) in [5, 5.41) is 3.20. The Balaban J connectivity index is 1.56. The first-order valence-corrected chi connectivity index (χ1v) is 8.11. The highest BCUT2D eigenvalue weighted by atomic mass is 32.2. The van der Waals surface area contributed by atoms with Crippen molar-refractivity contribution in [2.45, 2.75) is 5.22 Å². The molecule has 0 aliphatic rings. The van der Waals surface area contributed by atoms with E-state index in [4.69, 9.17) is 4.42 Å². The van der Waals surface area contributed by atoms with E-state index in [9.17, 15) is 9.59 Å². The van der Waals surface area contributed by atoms with Crippen LogP contribution < -0.4 is 5.32 Å². The standard InChI is InChI=1S/C17H14N2O4S/c1-22-16(21)11-6-8-12(9-7-11)18-15(20)10-24-17-19-13-4-2-3-5-14(13)23-17/h2-9H,10H2,1H3,(H,18,20). The van der Waals surface area contributed by atoms with E-state index in [2.05, 4.69) is 15.0 Å². The third-order valence-corrected chi connectivity index (χ3v) is 4.02. The zero-order valence-corrected chi connectivity index (χ0v) is 13.6. The maximum absolute atomic E-state index is 12.0. The number of oxazole rings is 1. The van der Waals surface area contributed by atoms with Gasteiger partial charge in [0.15, 0.2) is 5.58 Å². The molecule has 1 N–H and O–H groups in total. The normalized spacial score (nSPS) is 10.5. The van der Waals surface area contributed by atoms with Gasteiger partial charge in [-0.1, -0.05) is 23.9 Å². The van der Waals surface area contributed by atoms with Gasteiger partial charge in [-0.2, -0.15) is 0 Å². The van der Waals surface area contributed by atoms with Crippen LogP contribution in [-0.4, -0.2) is 29.7 Å². The summed E-state index contributed by atoms with van der Waals surface area (Å²) in [4.78, 5) is 27.6. The van der Waals surface area contributed by atoms with Gasteiger partial charge in [0.2, 0.25) is 5.91 Å². The quantitative estimate of drug-likeness (QED) is 0.566. The number of thioether (sulfide) groups is 1. The second kappa shape index (κ2) is 7.18. The minimum atomic E-state index is -0.417. The molecule has 2 aromatic carbocycles. The third kappa shape index (κ3) is 3.75. The molecule has 0 fully saturated rings. The van der Waals surface area contributed by atoms with E-state index < -0.39 is 5.97 Å². The molecule has 122 valence electrons. The Morgan fingerprint density at radius 2 is 1.92 bits per heavy atom. The average Bonchev–Trinajstić information content (AvgIpc) is 3.03. The number of aromatic nitrogens is 1. The first-order valence-electron chi connectivity index (χ1n) is 7.12. The maximum Gasteiger partial charge on any atom is 0.337 e. The van der Waals surface area contributed by atoms with Crippen LogP contribution in [0.4, 0.5) is 5.69 Å². The molecule has 24 heavy (non-hydrogen) atoms. The van der Waals surface area contributed by atoms with Gasteiger partial charge in [-0.05, 0) is 36.4 Å². The van der Waals surface area contributed by atoms with Gasteiger partial charge in [0.25, 0.3) is 5.22 Å². The van der Waals surface area contributed by atoms with Crippen molar-refractivity contribution in [3.8, 4) is 0 Å². The van der Waals surface area contributed by atoms with E-state index in [1.165, 1.54) is 18.9 Å². The predicted molar refractivity (Wildman–Crippen MR) is 91.1 cm³/mol. The van der Waals surface area contributed by atoms with E-state index in [0.29, 0.717) is 22.1 Å². The number of fused-ring (bicyclic) bond motifs is 1. The Labute approximate surface area is 142 Å². The molecule has 6 nitrogen and oxygen atoms in total. The lowest BCUT2D eigenvalue weighted by Gasteiger charge is -2.05. The van der Waals surface area contributed by atoms with Gasteiger partial charge in [-0.15, -0.1) is 0 Å². The first kappa shape index (κ1) is 16.1. The lowest BCUT2D eigenvalue weighted by atomic mass is 10.2. The Bertz CT molecular complexity index is 841. The fourth-order valence-electron chi connectivity index (χ4n) is 2.04. The lowest BCUT2D eigenvalue weighted by Crippen LogP contribution is -2.14. The largest absolute Gasteiger partial charge is 0.465 e. The summed E-state index contributed by atoms with van der Waals surface area (Å²) in [6.07, 6.45) is 0. The number of esters is 1. The SMILES string of the molecule is COC(=O)c1ccc(NC(=O)CSc2nc3ccccc3o2)cc1. The van der Waals surface area contributed by atoms with Gasteiger partial charge in [-0.3, -0.25) is 4.79 Å². The first-order chi connectivity index (χ1) is 11.7. The molecule has 3 rings (SSSR count). The van der Waals surface area contributed by atoms with Crippen LogP contribution in [0.3, 0.4) is 0 Å². The van der Waals surface area contributed by atoms with Crippen molar-refractivity contribution in [2.24, 2.45) is 0 Å². The monoisotopic (exact) mass is 342 g/mol. The third-order valence-electron chi connectivity index (χ3n) is 3.19. The lowest BCUT2D eigenvalue weighted by molar-refractivity contribution is -0.113. The minimum Gasteiger partial charge on any atom is -0.465 e. The number of rotatable bonds is 5. The second-order valence-corrected chi connectivity index (χ2v) is 5.78. The van der Waals surface area contributed by atoms with Crippen molar-refractivity contribution in [1.29, 1.82) is 0 Å². The number of hydrogen-bond acceptors (Lipinski definition) is 6. The summed E-state index contributed by atoms with van der Waals surface area (Å²) < 4.78 is 10.2. The minimum absolute atomic E-state index is 0.172. The molecule has 0 unspecified atom stereocenters. The Kier molecular flexibility index (Phi) is 4.81. The van der Waals surface area contributed by atoms with E-state index in [1.807, 2.05) is 24.3 Å². The zero-order valence-electron chi connectivity index (χ0n) is 12.8. The van der Waals surface area contributed by atoms with Crippen LogP contribution in [0.2, 0.25) is 0 Å². The van der Waals surface area contributed by atoms with Gasteiger partial charge >= 0.3 is 5.97 Å². The van der Waals surface area contributed by atoms with Crippen molar-refractivity contribution < 1.29 is 18.7 Å². The highest BCUT2D eigenvalue weighted by Crippen LogP contribution is 2.23. The smallest absolute Gasteiger partial charge is 0.337 e. The topological polar surface area (TPSA) is 81.4 Å². The Morgan fingerprint density at radius 1 is 1.17 bits per heavy atom. The fraction of sp³-hybridized carbons (Fsp3) is 0.118. The van der Waals surface area contributed by atoms with Crippen molar-refractivity contribution in [2.75, 3.05) is 18.2 Å². The van der Waals surface area contributed by atoms with E-state index >= 15 is 0 Å². The molecule has 1 aromatic heterocycles. The summed E-state index contributed by atoms with van der Waals surface area (Å²) in [5.74, 6) is -0.432. The summed E-state index contributed by atoms with van der Waals surface area (Å²) in [7, 11) is 1.32. The molecule has 3 aromatic rings. The molecule has 0 aliphatic carbocycles. The predicted octanol–water partition coefficient (Wildman–Crippen LogP) is 3.35. The molecular weight excluding hydrogens is 328 g/mol. The number of amides is 1. The Morgan fingerprint density at radius 3 is 2.62 bits per heavy atom. The number of nitrogens with zero attached hydrogens (tertiary/aromatic N) is 1. The van der Waals surface area contributed by atoms with Crippen LogP contribution in [0.1, 0.15) is 10.4 Å². The number of ether oxygens (including phenoxy) is 1. The van der Waals surface area contributed by atoms with E-state index in [1.54, 1.807) is 24.3 Å². The van der Waals surface area contributed by atoms with E-state index in [-0.39, 0.29) is 11.7 Å². The van der Waals surface area contributed by atoms with Crippen molar-refractivity contribution in [1.82, 2.24) is 4.98 Å². The molecular formula is C17H14N2O4S. The molecule has 7 heteroatoms. The second-order valence-electron chi connectivity index (χ2n) is 4.85. The molecule has 1 amide bonds. The average molecular weight is 342 g/mol. The van der Waals surface area contributed by atoms with Gasteiger partial charge in [-0.25, -0.2) is 9.78 Å². The van der Waals surface area contributed by atoms with Crippen LogP contribution in [0, 0.1) is 0 Å². The number of methoxy groups -OCH3 is 1. The number of anilines is 1. The molecule has 0 radical (unpaired) electrons. The van der Waals surface area contributed by atoms with Crippen molar-refractivity contribution >= 4 is 40.4 Å². The zero-order chi connectivity index (χ0) is 16.9. The summed E-state index contributed by atoms with van der Waals surface area (Å²) >= 11 is 1.22. The number of carbonyl (C=O) groups excluding carboxylic acids is 2. The van der Waals surface area contributed by atoms with Crippen molar-refractivity contribution in [3.05, 3.63) is 54.1 Å². The van der Waals surface area contributed by atoms with Gasteiger partial charge in [0.1, 0.15) is 5.52 Å². The van der Waals surface area contributed by atoms with Crippen LogP contribution in [0.15, 0.2) is 58.2 Å². The van der Waals surface area contributed by atoms with Crippen molar-refractivity contribution in [3.63, 3.8) is 0 Å². The number of nitrogens with one attached hydrogen (secondary N) is 1. The van der Waals surface area contributed by atoms with Crippen LogP contribution >= 0.6 is 11.8 Å². The van der Waals surface area contributed by atoms with Gasteiger partial charge < -0.3 is 14.5 Å². The molecule has 0 bridgehead atoms. The van der Waals surface area contributed by atoms with Crippen LogP contribution in [0.5, 0.6) is 0 Å².